The van der Waals surface area contributed by atoms with Gasteiger partial charge in [0, 0.05) is 43.9 Å². The fourth-order valence-corrected chi connectivity index (χ4v) is 3.96. The molecule has 0 bridgehead atoms. The van der Waals surface area contributed by atoms with E-state index >= 15 is 0 Å². The fourth-order valence-electron chi connectivity index (χ4n) is 3.96. The highest BCUT2D eigenvalue weighted by Crippen LogP contribution is 2.24. The van der Waals surface area contributed by atoms with Gasteiger partial charge in [0.2, 0.25) is 0 Å². The summed E-state index contributed by atoms with van der Waals surface area (Å²) >= 11 is 0. The van der Waals surface area contributed by atoms with Crippen molar-refractivity contribution in [1.82, 2.24) is 24.5 Å². The number of aryl methyl sites for hydroxylation is 1. The Labute approximate surface area is 155 Å². The maximum Gasteiger partial charge on any atom is 0.0662 e. The van der Waals surface area contributed by atoms with Gasteiger partial charge in [0.15, 0.2) is 0 Å². The van der Waals surface area contributed by atoms with Crippen LogP contribution in [0.1, 0.15) is 36.8 Å². The molecule has 5 heteroatoms. The van der Waals surface area contributed by atoms with E-state index in [-0.39, 0.29) is 0 Å². The van der Waals surface area contributed by atoms with E-state index in [0.717, 1.165) is 19.6 Å². The highest BCUT2D eigenvalue weighted by Gasteiger charge is 2.23. The molecule has 5 nitrogen and oxygen atoms in total. The van der Waals surface area contributed by atoms with E-state index < -0.39 is 0 Å². The van der Waals surface area contributed by atoms with Crippen LogP contribution in [0, 0.1) is 0 Å². The first kappa shape index (κ1) is 17.0. The molecule has 1 atom stereocenters. The van der Waals surface area contributed by atoms with Crippen LogP contribution in [-0.4, -0.2) is 37.0 Å². The lowest BCUT2D eigenvalue weighted by Crippen LogP contribution is -2.39. The monoisotopic (exact) mass is 349 g/mol. The molecule has 1 aliphatic heterocycles. The van der Waals surface area contributed by atoms with E-state index in [2.05, 4.69) is 50.2 Å². The van der Waals surface area contributed by atoms with Crippen molar-refractivity contribution in [2.75, 3.05) is 6.54 Å². The molecule has 1 unspecified atom stereocenters. The van der Waals surface area contributed by atoms with Crippen LogP contribution in [0.15, 0.2) is 61.2 Å². The first-order valence-corrected chi connectivity index (χ1v) is 9.64. The summed E-state index contributed by atoms with van der Waals surface area (Å²) in [7, 11) is 0. The number of piperidine rings is 1. The van der Waals surface area contributed by atoms with E-state index in [1.165, 1.54) is 43.4 Å². The molecule has 0 spiro atoms. The maximum atomic E-state index is 4.37. The van der Waals surface area contributed by atoms with Gasteiger partial charge in [-0.1, -0.05) is 30.7 Å². The minimum absolute atomic E-state index is 0.644. The summed E-state index contributed by atoms with van der Waals surface area (Å²) in [5.74, 6) is 0. The zero-order valence-corrected chi connectivity index (χ0v) is 15.2. The molecule has 0 saturated carbocycles. The molecule has 0 N–H and O–H groups in total. The van der Waals surface area contributed by atoms with Gasteiger partial charge in [0.05, 0.1) is 6.54 Å². The summed E-state index contributed by atoms with van der Waals surface area (Å²) in [5.41, 5.74) is 2.79. The second-order valence-corrected chi connectivity index (χ2v) is 7.15. The predicted molar refractivity (Wildman–Crippen MR) is 103 cm³/mol. The molecular formula is C21H27N5. The van der Waals surface area contributed by atoms with Crippen molar-refractivity contribution in [2.24, 2.45) is 0 Å². The van der Waals surface area contributed by atoms with Gasteiger partial charge in [-0.15, -0.1) is 0 Å². The van der Waals surface area contributed by atoms with Crippen LogP contribution in [0.3, 0.4) is 0 Å². The first-order chi connectivity index (χ1) is 12.9. The number of nitrogens with zero attached hydrogens (tertiary/aromatic N) is 5. The van der Waals surface area contributed by atoms with Crippen LogP contribution in [0.2, 0.25) is 0 Å². The van der Waals surface area contributed by atoms with Gasteiger partial charge in [-0.05, 0) is 49.1 Å². The third-order valence-electron chi connectivity index (χ3n) is 5.38. The van der Waals surface area contributed by atoms with Crippen molar-refractivity contribution in [1.29, 1.82) is 0 Å². The van der Waals surface area contributed by atoms with E-state index in [1.54, 1.807) is 0 Å². The Hall–Kier alpha value is -2.40. The summed E-state index contributed by atoms with van der Waals surface area (Å²) in [4.78, 5) is 2.68. The predicted octanol–water partition coefficient (Wildman–Crippen LogP) is 3.57. The molecule has 1 aromatic carbocycles. The second-order valence-electron chi connectivity index (χ2n) is 7.15. The molecule has 1 aliphatic rings. The Morgan fingerprint density at radius 1 is 0.846 bits per heavy atom. The third kappa shape index (κ3) is 4.22. The van der Waals surface area contributed by atoms with Crippen molar-refractivity contribution >= 4 is 0 Å². The fraction of sp³-hybridized carbons (Fsp3) is 0.429. The molecule has 4 rings (SSSR count). The molecule has 0 amide bonds. The molecule has 0 aliphatic carbocycles. The SMILES string of the molecule is c1ccc(Cn2cccn2)c(CN2CCCCC2CCn2cccn2)c1. The Morgan fingerprint density at radius 2 is 1.58 bits per heavy atom. The topological polar surface area (TPSA) is 38.9 Å². The van der Waals surface area contributed by atoms with Crippen LogP contribution >= 0.6 is 0 Å². The highest BCUT2D eigenvalue weighted by molar-refractivity contribution is 5.27. The number of rotatable bonds is 7. The minimum Gasteiger partial charge on any atom is -0.296 e. The quantitative estimate of drug-likeness (QED) is 0.654. The first-order valence-electron chi connectivity index (χ1n) is 9.64. The molecule has 3 aromatic rings. The van der Waals surface area contributed by atoms with Gasteiger partial charge in [-0.2, -0.15) is 10.2 Å². The zero-order chi connectivity index (χ0) is 17.6. The smallest absolute Gasteiger partial charge is 0.0662 e. The van der Waals surface area contributed by atoms with Crippen molar-refractivity contribution in [3.05, 3.63) is 72.3 Å². The van der Waals surface area contributed by atoms with Crippen LogP contribution in [0.5, 0.6) is 0 Å². The van der Waals surface area contributed by atoms with Gasteiger partial charge in [0.25, 0.3) is 0 Å². The van der Waals surface area contributed by atoms with Crippen LogP contribution in [-0.2, 0) is 19.6 Å². The highest BCUT2D eigenvalue weighted by atomic mass is 15.3. The lowest BCUT2D eigenvalue weighted by Gasteiger charge is -2.36. The number of likely N-dealkylation sites (tertiary alicyclic amines) is 1. The summed E-state index contributed by atoms with van der Waals surface area (Å²) in [5, 5.41) is 8.72. The van der Waals surface area contributed by atoms with Crippen LogP contribution in [0.25, 0.3) is 0 Å². The summed E-state index contributed by atoms with van der Waals surface area (Å²) in [6.45, 7) is 4.07. The van der Waals surface area contributed by atoms with Crippen LogP contribution in [0.4, 0.5) is 0 Å². The summed E-state index contributed by atoms with van der Waals surface area (Å²) in [6.07, 6.45) is 12.9. The Morgan fingerprint density at radius 3 is 2.31 bits per heavy atom. The van der Waals surface area contributed by atoms with Crippen molar-refractivity contribution in [3.8, 4) is 0 Å². The Bertz CT molecular complexity index is 779. The van der Waals surface area contributed by atoms with E-state index in [4.69, 9.17) is 0 Å². The van der Waals surface area contributed by atoms with Gasteiger partial charge in [-0.3, -0.25) is 14.3 Å². The van der Waals surface area contributed by atoms with Gasteiger partial charge >= 0.3 is 0 Å². The second kappa shape index (κ2) is 8.32. The minimum atomic E-state index is 0.644. The zero-order valence-electron chi connectivity index (χ0n) is 15.2. The van der Waals surface area contributed by atoms with E-state index in [9.17, 15) is 0 Å². The number of hydrogen-bond acceptors (Lipinski definition) is 3. The molecular weight excluding hydrogens is 322 g/mol. The lowest BCUT2D eigenvalue weighted by atomic mass is 9.97. The number of benzene rings is 1. The van der Waals surface area contributed by atoms with Crippen LogP contribution < -0.4 is 0 Å². The van der Waals surface area contributed by atoms with Crippen molar-refractivity contribution < 1.29 is 0 Å². The molecule has 1 fully saturated rings. The lowest BCUT2D eigenvalue weighted by molar-refractivity contribution is 0.127. The van der Waals surface area contributed by atoms with E-state index in [1.807, 2.05) is 35.4 Å². The van der Waals surface area contributed by atoms with E-state index in [0.29, 0.717) is 6.04 Å². The van der Waals surface area contributed by atoms with Gasteiger partial charge < -0.3 is 0 Å². The largest absolute Gasteiger partial charge is 0.296 e. The standard InChI is InChI=1S/C21H27N5/c1-2-8-20(18-26-15-6-12-23-26)19(7-1)17-24-13-4-3-9-21(24)10-16-25-14-5-11-22-25/h1-2,5-8,11-12,14-15,21H,3-4,9-10,13,16-18H2. The number of aromatic nitrogens is 4. The molecule has 136 valence electrons. The van der Waals surface area contributed by atoms with Crippen molar-refractivity contribution in [2.45, 2.75) is 51.4 Å². The maximum absolute atomic E-state index is 4.37. The summed E-state index contributed by atoms with van der Waals surface area (Å²) in [6, 6.07) is 13.4. The van der Waals surface area contributed by atoms with Crippen molar-refractivity contribution in [3.63, 3.8) is 0 Å². The molecule has 3 heterocycles. The molecule has 26 heavy (non-hydrogen) atoms. The average Bonchev–Trinajstić information content (AvgIpc) is 3.36. The molecule has 1 saturated heterocycles. The molecule has 2 aromatic heterocycles. The van der Waals surface area contributed by atoms with Gasteiger partial charge in [-0.25, -0.2) is 0 Å². The average molecular weight is 349 g/mol. The van der Waals surface area contributed by atoms with Gasteiger partial charge in [0.1, 0.15) is 0 Å². The summed E-state index contributed by atoms with van der Waals surface area (Å²) < 4.78 is 4.06. The molecule has 0 radical (unpaired) electrons. The number of hydrogen-bond donors (Lipinski definition) is 0. The third-order valence-corrected chi connectivity index (χ3v) is 5.38. The Kier molecular flexibility index (Phi) is 5.45. The normalized spacial score (nSPS) is 18.2. The Balaban J connectivity index is 1.44.